The summed E-state index contributed by atoms with van der Waals surface area (Å²) in [7, 11) is 0. The largest absolute Gasteiger partial charge is 0.398 e. The van der Waals surface area contributed by atoms with Gasteiger partial charge in [0.25, 0.3) is 5.91 Å². The zero-order chi connectivity index (χ0) is 14.4. The molecule has 19 heavy (non-hydrogen) atoms. The fraction of sp³-hybridized carbons (Fsp3) is 0.500. The van der Waals surface area contributed by atoms with Gasteiger partial charge in [0.2, 0.25) is 0 Å². The molecular formula is C14H21FN2O2. The first-order valence-electron chi connectivity index (χ1n) is 6.50. The molecule has 0 fully saturated rings. The molecule has 0 aliphatic heterocycles. The van der Waals surface area contributed by atoms with Crippen LogP contribution in [0.2, 0.25) is 0 Å². The molecule has 1 amide bonds. The van der Waals surface area contributed by atoms with E-state index in [2.05, 4.69) is 5.32 Å². The minimum atomic E-state index is -0.603. The van der Waals surface area contributed by atoms with Crippen molar-refractivity contribution in [3.63, 3.8) is 0 Å². The van der Waals surface area contributed by atoms with Crippen molar-refractivity contribution in [1.29, 1.82) is 0 Å². The molecular weight excluding hydrogens is 247 g/mol. The molecule has 0 saturated carbocycles. The average molecular weight is 268 g/mol. The maximum Gasteiger partial charge on any atom is 0.253 e. The minimum Gasteiger partial charge on any atom is -0.398 e. The number of amides is 1. The van der Waals surface area contributed by atoms with Crippen LogP contribution in [-0.4, -0.2) is 23.7 Å². The number of hydrogen-bond donors (Lipinski definition) is 3. The Kier molecular flexibility index (Phi) is 5.76. The number of aliphatic hydroxyl groups is 1. The van der Waals surface area contributed by atoms with Crippen LogP contribution >= 0.6 is 0 Å². The lowest BCUT2D eigenvalue weighted by molar-refractivity contribution is 0.0817. The Bertz CT molecular complexity index is 433. The number of benzene rings is 1. The standard InChI is InChI=1S/C14H21FN2O2/c1-3-9(4-2)13(18)8-17-14(19)11-7-10(15)5-6-12(11)16/h5-7,9,13,18H,3-4,8,16H2,1-2H3,(H,17,19). The SMILES string of the molecule is CCC(CC)C(O)CNC(=O)c1cc(F)ccc1N. The molecule has 1 atom stereocenters. The highest BCUT2D eigenvalue weighted by Gasteiger charge is 2.17. The van der Waals surface area contributed by atoms with Crippen molar-refractivity contribution in [2.24, 2.45) is 5.92 Å². The number of halogens is 1. The van der Waals surface area contributed by atoms with Gasteiger partial charge in [0.05, 0.1) is 11.7 Å². The summed E-state index contributed by atoms with van der Waals surface area (Å²) in [4.78, 5) is 11.9. The number of nitrogens with two attached hydrogens (primary N) is 1. The molecule has 1 rings (SSSR count). The zero-order valence-electron chi connectivity index (χ0n) is 11.3. The molecule has 0 spiro atoms. The van der Waals surface area contributed by atoms with Crippen LogP contribution in [0.15, 0.2) is 18.2 Å². The second-order valence-corrected chi connectivity index (χ2v) is 4.59. The van der Waals surface area contributed by atoms with Gasteiger partial charge in [-0.25, -0.2) is 4.39 Å². The van der Waals surface area contributed by atoms with Crippen molar-refractivity contribution in [2.75, 3.05) is 12.3 Å². The van der Waals surface area contributed by atoms with Crippen LogP contribution in [-0.2, 0) is 0 Å². The molecule has 0 aromatic heterocycles. The molecule has 1 unspecified atom stereocenters. The summed E-state index contributed by atoms with van der Waals surface area (Å²) >= 11 is 0. The van der Waals surface area contributed by atoms with Gasteiger partial charge in [-0.05, 0) is 24.1 Å². The third-order valence-electron chi connectivity index (χ3n) is 3.32. The molecule has 4 N–H and O–H groups in total. The molecule has 0 aliphatic rings. The van der Waals surface area contributed by atoms with E-state index in [9.17, 15) is 14.3 Å². The minimum absolute atomic E-state index is 0.0942. The van der Waals surface area contributed by atoms with E-state index in [1.54, 1.807) is 0 Å². The summed E-state index contributed by atoms with van der Waals surface area (Å²) in [5.41, 5.74) is 5.93. The Balaban J connectivity index is 2.63. The number of anilines is 1. The molecule has 1 aromatic carbocycles. The number of hydrogen-bond acceptors (Lipinski definition) is 3. The molecule has 0 saturated heterocycles. The second-order valence-electron chi connectivity index (χ2n) is 4.59. The van der Waals surface area contributed by atoms with E-state index in [0.29, 0.717) is 0 Å². The van der Waals surface area contributed by atoms with Crippen molar-refractivity contribution in [3.8, 4) is 0 Å². The van der Waals surface area contributed by atoms with Crippen molar-refractivity contribution in [2.45, 2.75) is 32.8 Å². The fourth-order valence-corrected chi connectivity index (χ4v) is 2.02. The molecule has 4 nitrogen and oxygen atoms in total. The summed E-state index contributed by atoms with van der Waals surface area (Å²) in [5.74, 6) is -0.841. The zero-order valence-corrected chi connectivity index (χ0v) is 11.3. The monoisotopic (exact) mass is 268 g/mol. The summed E-state index contributed by atoms with van der Waals surface area (Å²) in [5, 5.41) is 12.5. The van der Waals surface area contributed by atoms with Gasteiger partial charge in [-0.3, -0.25) is 4.79 Å². The lowest BCUT2D eigenvalue weighted by atomic mass is 9.96. The summed E-state index contributed by atoms with van der Waals surface area (Å²) in [6.07, 6.45) is 1.08. The van der Waals surface area contributed by atoms with Crippen LogP contribution in [0.1, 0.15) is 37.0 Å². The summed E-state index contributed by atoms with van der Waals surface area (Å²) in [6.45, 7) is 4.12. The van der Waals surface area contributed by atoms with Crippen molar-refractivity contribution in [3.05, 3.63) is 29.6 Å². The number of carbonyl (C=O) groups excluding carboxylic acids is 1. The predicted octanol–water partition coefficient (Wildman–Crippen LogP) is 1.93. The molecule has 106 valence electrons. The highest BCUT2D eigenvalue weighted by atomic mass is 19.1. The van der Waals surface area contributed by atoms with Crippen molar-refractivity contribution < 1.29 is 14.3 Å². The molecule has 0 bridgehead atoms. The summed E-state index contributed by atoms with van der Waals surface area (Å²) < 4.78 is 13.1. The summed E-state index contributed by atoms with van der Waals surface area (Å²) in [6, 6.07) is 3.64. The van der Waals surface area contributed by atoms with Crippen LogP contribution in [0.5, 0.6) is 0 Å². The van der Waals surface area contributed by atoms with E-state index in [4.69, 9.17) is 5.73 Å². The van der Waals surface area contributed by atoms with Gasteiger partial charge < -0.3 is 16.2 Å². The van der Waals surface area contributed by atoms with Gasteiger partial charge in [-0.1, -0.05) is 26.7 Å². The Morgan fingerprint density at radius 2 is 2.05 bits per heavy atom. The average Bonchev–Trinajstić information content (AvgIpc) is 2.40. The maximum absolute atomic E-state index is 13.1. The molecule has 0 aliphatic carbocycles. The van der Waals surface area contributed by atoms with Gasteiger partial charge in [0.1, 0.15) is 5.82 Å². The Labute approximate surface area is 112 Å². The number of nitrogen functional groups attached to an aromatic ring is 1. The van der Waals surface area contributed by atoms with Crippen LogP contribution in [0.4, 0.5) is 10.1 Å². The maximum atomic E-state index is 13.1. The van der Waals surface area contributed by atoms with Gasteiger partial charge in [-0.2, -0.15) is 0 Å². The number of rotatable bonds is 6. The molecule has 1 aromatic rings. The number of nitrogens with one attached hydrogen (secondary N) is 1. The normalized spacial score (nSPS) is 12.5. The van der Waals surface area contributed by atoms with Crippen LogP contribution in [0.25, 0.3) is 0 Å². The quantitative estimate of drug-likeness (QED) is 0.690. The number of carbonyl (C=O) groups is 1. The first-order valence-corrected chi connectivity index (χ1v) is 6.50. The third-order valence-corrected chi connectivity index (χ3v) is 3.32. The fourth-order valence-electron chi connectivity index (χ4n) is 2.02. The van der Waals surface area contributed by atoms with Gasteiger partial charge in [-0.15, -0.1) is 0 Å². The van der Waals surface area contributed by atoms with Crippen molar-refractivity contribution >= 4 is 11.6 Å². The lowest BCUT2D eigenvalue weighted by Gasteiger charge is -2.20. The topological polar surface area (TPSA) is 75.3 Å². The smallest absolute Gasteiger partial charge is 0.253 e. The van der Waals surface area contributed by atoms with Crippen LogP contribution in [0.3, 0.4) is 0 Å². The van der Waals surface area contributed by atoms with E-state index >= 15 is 0 Å². The Morgan fingerprint density at radius 3 is 2.63 bits per heavy atom. The van der Waals surface area contributed by atoms with Crippen molar-refractivity contribution in [1.82, 2.24) is 5.32 Å². The third kappa shape index (κ3) is 4.21. The molecule has 5 heteroatoms. The van der Waals surface area contributed by atoms with E-state index in [1.807, 2.05) is 13.8 Å². The Morgan fingerprint density at radius 1 is 1.42 bits per heavy atom. The lowest BCUT2D eigenvalue weighted by Crippen LogP contribution is -2.36. The second kappa shape index (κ2) is 7.09. The highest BCUT2D eigenvalue weighted by molar-refractivity contribution is 5.99. The van der Waals surface area contributed by atoms with Gasteiger partial charge in [0, 0.05) is 12.2 Å². The van der Waals surface area contributed by atoms with E-state index in [0.717, 1.165) is 18.9 Å². The molecule has 0 heterocycles. The van der Waals surface area contributed by atoms with E-state index in [-0.39, 0.29) is 23.7 Å². The van der Waals surface area contributed by atoms with E-state index in [1.165, 1.54) is 12.1 Å². The van der Waals surface area contributed by atoms with Crippen LogP contribution in [0, 0.1) is 11.7 Å². The first kappa shape index (κ1) is 15.4. The molecule has 0 radical (unpaired) electrons. The van der Waals surface area contributed by atoms with Gasteiger partial charge in [0.15, 0.2) is 0 Å². The first-order chi connectivity index (χ1) is 8.99. The van der Waals surface area contributed by atoms with Gasteiger partial charge >= 0.3 is 0 Å². The Hall–Kier alpha value is -1.62. The number of aliphatic hydroxyl groups excluding tert-OH is 1. The highest BCUT2D eigenvalue weighted by Crippen LogP contribution is 2.15. The predicted molar refractivity (Wildman–Crippen MR) is 73.2 cm³/mol. The van der Waals surface area contributed by atoms with E-state index < -0.39 is 17.8 Å². The van der Waals surface area contributed by atoms with Crippen LogP contribution < -0.4 is 11.1 Å².